The van der Waals surface area contributed by atoms with Crippen molar-refractivity contribution in [1.82, 2.24) is 25.3 Å². The van der Waals surface area contributed by atoms with Gasteiger partial charge in [0.15, 0.2) is 0 Å². The Bertz CT molecular complexity index is 984. The predicted octanol–water partition coefficient (Wildman–Crippen LogP) is 3.58. The fraction of sp³-hybridized carbons (Fsp3) is 0.381. The molecule has 0 saturated carbocycles. The average molecular weight is 363 g/mol. The number of H-pyrrole nitrogens is 1. The lowest BCUT2D eigenvalue weighted by molar-refractivity contribution is 0.0927. The first-order chi connectivity index (χ1) is 13.1. The number of aromatic nitrogens is 4. The van der Waals surface area contributed by atoms with Gasteiger partial charge in [-0.25, -0.2) is 4.68 Å². The normalized spacial score (nSPS) is 16.2. The molecule has 4 rings (SSSR count). The Morgan fingerprint density at radius 1 is 1.37 bits per heavy atom. The number of nitrogens with zero attached hydrogens (tertiary/aromatic N) is 3. The SMILES string of the molecule is CCc1cc(C(=O)N[C@@H]2CCCc3c2cnn3-c2cccc(C)c2C)n[nH]1. The van der Waals surface area contributed by atoms with E-state index in [1.807, 2.05) is 23.9 Å². The summed E-state index contributed by atoms with van der Waals surface area (Å²) in [6, 6.07) is 8.08. The Balaban J connectivity index is 1.62. The topological polar surface area (TPSA) is 75.6 Å². The molecule has 2 aromatic heterocycles. The number of amides is 1. The molecule has 0 aliphatic heterocycles. The fourth-order valence-electron chi connectivity index (χ4n) is 3.77. The van der Waals surface area contributed by atoms with Crippen molar-refractivity contribution in [3.8, 4) is 5.69 Å². The first-order valence-electron chi connectivity index (χ1n) is 9.57. The minimum atomic E-state index is -0.136. The van der Waals surface area contributed by atoms with Crippen molar-refractivity contribution in [3.05, 3.63) is 64.2 Å². The summed E-state index contributed by atoms with van der Waals surface area (Å²) < 4.78 is 2.04. The molecule has 0 fully saturated rings. The maximum atomic E-state index is 12.6. The summed E-state index contributed by atoms with van der Waals surface area (Å²) in [5.41, 5.74) is 7.32. The Morgan fingerprint density at radius 2 is 2.22 bits per heavy atom. The predicted molar refractivity (Wildman–Crippen MR) is 104 cm³/mol. The van der Waals surface area contributed by atoms with Crippen LogP contribution in [0.3, 0.4) is 0 Å². The third-order valence-corrected chi connectivity index (χ3v) is 5.54. The molecule has 1 amide bonds. The van der Waals surface area contributed by atoms with Crippen molar-refractivity contribution < 1.29 is 4.79 Å². The highest BCUT2D eigenvalue weighted by molar-refractivity contribution is 5.92. The highest BCUT2D eigenvalue weighted by atomic mass is 16.2. The van der Waals surface area contributed by atoms with Gasteiger partial charge in [-0.1, -0.05) is 19.1 Å². The fourth-order valence-corrected chi connectivity index (χ4v) is 3.77. The van der Waals surface area contributed by atoms with Crippen LogP contribution in [0.2, 0.25) is 0 Å². The molecule has 0 saturated heterocycles. The average Bonchev–Trinajstić information content (AvgIpc) is 3.31. The van der Waals surface area contributed by atoms with Crippen LogP contribution < -0.4 is 5.32 Å². The number of carbonyl (C=O) groups is 1. The molecular weight excluding hydrogens is 338 g/mol. The van der Waals surface area contributed by atoms with Crippen molar-refractivity contribution in [1.29, 1.82) is 0 Å². The van der Waals surface area contributed by atoms with Crippen LogP contribution in [0.25, 0.3) is 5.69 Å². The molecule has 1 aromatic carbocycles. The van der Waals surface area contributed by atoms with Crippen LogP contribution in [-0.4, -0.2) is 25.9 Å². The number of fused-ring (bicyclic) bond motifs is 1. The van der Waals surface area contributed by atoms with Gasteiger partial charge in [-0.15, -0.1) is 0 Å². The summed E-state index contributed by atoms with van der Waals surface area (Å²) in [5.74, 6) is -0.136. The lowest BCUT2D eigenvalue weighted by atomic mass is 9.92. The first-order valence-corrected chi connectivity index (χ1v) is 9.57. The Hall–Kier alpha value is -2.89. The van der Waals surface area contributed by atoms with Crippen molar-refractivity contribution in [2.75, 3.05) is 0 Å². The largest absolute Gasteiger partial charge is 0.344 e. The van der Waals surface area contributed by atoms with E-state index in [4.69, 9.17) is 0 Å². The molecule has 27 heavy (non-hydrogen) atoms. The van der Waals surface area contributed by atoms with E-state index in [0.29, 0.717) is 5.69 Å². The molecule has 2 heterocycles. The Morgan fingerprint density at radius 3 is 3.00 bits per heavy atom. The molecule has 3 aromatic rings. The summed E-state index contributed by atoms with van der Waals surface area (Å²) in [6.07, 6.45) is 5.65. The van der Waals surface area contributed by atoms with Crippen LogP contribution in [0.15, 0.2) is 30.5 Å². The van der Waals surface area contributed by atoms with Gasteiger partial charge in [-0.05, 0) is 62.8 Å². The zero-order valence-corrected chi connectivity index (χ0v) is 16.0. The standard InChI is InChI=1S/C21H25N5O/c1-4-15-11-18(25-24-15)21(27)23-17-8-6-10-20-16(17)12-22-26(20)19-9-5-7-13(2)14(19)3/h5,7,9,11-12,17H,4,6,8,10H2,1-3H3,(H,23,27)(H,24,25)/t17-/m1/s1. The van der Waals surface area contributed by atoms with Crippen LogP contribution in [0, 0.1) is 13.8 Å². The van der Waals surface area contributed by atoms with Crippen LogP contribution in [0.4, 0.5) is 0 Å². The second-order valence-corrected chi connectivity index (χ2v) is 7.23. The Kier molecular flexibility index (Phi) is 4.56. The lowest BCUT2D eigenvalue weighted by Crippen LogP contribution is -2.31. The van der Waals surface area contributed by atoms with E-state index >= 15 is 0 Å². The zero-order valence-electron chi connectivity index (χ0n) is 16.0. The molecule has 0 spiro atoms. The molecule has 6 nitrogen and oxygen atoms in total. The number of hydrogen-bond acceptors (Lipinski definition) is 3. The van der Waals surface area contributed by atoms with Gasteiger partial charge in [0.25, 0.3) is 5.91 Å². The minimum Gasteiger partial charge on any atom is -0.344 e. The van der Waals surface area contributed by atoms with Crippen LogP contribution >= 0.6 is 0 Å². The quantitative estimate of drug-likeness (QED) is 0.744. The van der Waals surface area contributed by atoms with E-state index in [9.17, 15) is 4.79 Å². The van der Waals surface area contributed by atoms with E-state index in [2.05, 4.69) is 52.7 Å². The van der Waals surface area contributed by atoms with E-state index < -0.39 is 0 Å². The van der Waals surface area contributed by atoms with Crippen LogP contribution in [0.1, 0.15) is 64.4 Å². The smallest absolute Gasteiger partial charge is 0.272 e. The number of aryl methyl sites for hydroxylation is 2. The minimum absolute atomic E-state index is 0.0260. The molecule has 0 unspecified atom stereocenters. The van der Waals surface area contributed by atoms with E-state index in [-0.39, 0.29) is 11.9 Å². The summed E-state index contributed by atoms with van der Waals surface area (Å²) in [4.78, 5) is 12.6. The first kappa shape index (κ1) is 17.5. The van der Waals surface area contributed by atoms with Gasteiger partial charge in [0.1, 0.15) is 5.69 Å². The third-order valence-electron chi connectivity index (χ3n) is 5.54. The molecule has 1 atom stereocenters. The van der Waals surface area contributed by atoms with E-state index in [1.54, 1.807) is 0 Å². The summed E-state index contributed by atoms with van der Waals surface area (Å²) in [5, 5.41) is 14.8. The van der Waals surface area contributed by atoms with Crippen molar-refractivity contribution >= 4 is 5.91 Å². The molecule has 2 N–H and O–H groups in total. The summed E-state index contributed by atoms with van der Waals surface area (Å²) >= 11 is 0. The van der Waals surface area contributed by atoms with Gasteiger partial charge in [0, 0.05) is 17.0 Å². The van der Waals surface area contributed by atoms with Crippen molar-refractivity contribution in [2.45, 2.75) is 52.5 Å². The number of rotatable bonds is 4. The lowest BCUT2D eigenvalue weighted by Gasteiger charge is -2.24. The van der Waals surface area contributed by atoms with Gasteiger partial charge >= 0.3 is 0 Å². The number of carbonyl (C=O) groups excluding carboxylic acids is 1. The van der Waals surface area contributed by atoms with Gasteiger partial charge in [0.2, 0.25) is 0 Å². The molecule has 0 bridgehead atoms. The highest BCUT2D eigenvalue weighted by Crippen LogP contribution is 2.32. The maximum absolute atomic E-state index is 12.6. The zero-order chi connectivity index (χ0) is 19.0. The number of hydrogen-bond donors (Lipinski definition) is 2. The molecular formula is C21H25N5O. The summed E-state index contributed by atoms with van der Waals surface area (Å²) in [7, 11) is 0. The van der Waals surface area contributed by atoms with Crippen molar-refractivity contribution in [3.63, 3.8) is 0 Å². The number of aromatic amines is 1. The second-order valence-electron chi connectivity index (χ2n) is 7.23. The van der Waals surface area contributed by atoms with E-state index in [1.165, 1.54) is 16.8 Å². The second kappa shape index (κ2) is 7.02. The van der Waals surface area contributed by atoms with E-state index in [0.717, 1.165) is 42.6 Å². The van der Waals surface area contributed by atoms with Crippen LogP contribution in [-0.2, 0) is 12.8 Å². The maximum Gasteiger partial charge on any atom is 0.272 e. The highest BCUT2D eigenvalue weighted by Gasteiger charge is 2.27. The third kappa shape index (κ3) is 3.16. The number of nitrogens with one attached hydrogen (secondary N) is 2. The monoisotopic (exact) mass is 363 g/mol. The van der Waals surface area contributed by atoms with Gasteiger partial charge in [-0.3, -0.25) is 9.89 Å². The van der Waals surface area contributed by atoms with Crippen LogP contribution in [0.5, 0.6) is 0 Å². The van der Waals surface area contributed by atoms with Gasteiger partial charge in [-0.2, -0.15) is 10.2 Å². The number of benzene rings is 1. The molecule has 0 radical (unpaired) electrons. The molecule has 140 valence electrons. The van der Waals surface area contributed by atoms with Crippen molar-refractivity contribution in [2.24, 2.45) is 0 Å². The molecule has 6 heteroatoms. The van der Waals surface area contributed by atoms with Gasteiger partial charge < -0.3 is 5.32 Å². The Labute approximate surface area is 159 Å². The summed E-state index contributed by atoms with van der Waals surface area (Å²) in [6.45, 7) is 6.28. The molecule has 1 aliphatic carbocycles. The molecule has 1 aliphatic rings. The van der Waals surface area contributed by atoms with Gasteiger partial charge in [0.05, 0.1) is 17.9 Å².